The maximum Gasteiger partial charge on any atom is 0.231 e. The van der Waals surface area contributed by atoms with Crippen molar-refractivity contribution in [3.63, 3.8) is 0 Å². The van der Waals surface area contributed by atoms with E-state index >= 15 is 0 Å². The third-order valence-electron chi connectivity index (χ3n) is 5.14. The molecule has 0 saturated carbocycles. The lowest BCUT2D eigenvalue weighted by Gasteiger charge is -2.33. The van der Waals surface area contributed by atoms with Crippen LogP contribution in [0.3, 0.4) is 0 Å². The van der Waals surface area contributed by atoms with Gasteiger partial charge in [-0.15, -0.1) is 23.7 Å². The molecule has 1 fully saturated rings. The fraction of sp³-hybridized carbons (Fsp3) is 0.316. The van der Waals surface area contributed by atoms with Gasteiger partial charge in [0.2, 0.25) is 12.7 Å². The quantitative estimate of drug-likeness (QED) is 0.611. The van der Waals surface area contributed by atoms with E-state index in [-0.39, 0.29) is 31.0 Å². The van der Waals surface area contributed by atoms with Gasteiger partial charge in [0.1, 0.15) is 17.0 Å². The minimum absolute atomic E-state index is 0. The molecule has 1 amide bonds. The molecule has 5 rings (SSSR count). The number of anilines is 3. The number of nitrogens with two attached hydrogens (primary N) is 1. The molecule has 3 aromatic rings. The Morgan fingerprint density at radius 1 is 1.28 bits per heavy atom. The summed E-state index contributed by atoms with van der Waals surface area (Å²) in [6, 6.07) is 5.43. The average Bonchev–Trinajstić information content (AvgIpc) is 3.37. The molecule has 2 aromatic heterocycles. The fourth-order valence-corrected chi connectivity index (χ4v) is 4.44. The zero-order valence-electron chi connectivity index (χ0n) is 15.5. The number of amides is 1. The number of aromatic nitrogens is 2. The summed E-state index contributed by atoms with van der Waals surface area (Å²) in [4.78, 5) is 24.8. The standard InChI is InChI=1S/C19H19N5O3S.ClH/c20-13-6-15-16(27-10-26-15)7-14(13)23-18(25)11-2-1-4-24(8-11)17-12-3-5-28-19(12)22-9-21-17;/h3,5-7,9,11H,1-2,4,8,10,20H2,(H,23,25);1H. The third-order valence-corrected chi connectivity index (χ3v) is 5.96. The fourth-order valence-electron chi connectivity index (χ4n) is 3.71. The van der Waals surface area contributed by atoms with Crippen molar-refractivity contribution >= 4 is 57.1 Å². The van der Waals surface area contributed by atoms with E-state index in [1.807, 2.05) is 11.4 Å². The van der Waals surface area contributed by atoms with Crippen molar-refractivity contribution in [2.45, 2.75) is 12.8 Å². The van der Waals surface area contributed by atoms with Crippen LogP contribution in [0.1, 0.15) is 12.8 Å². The Kier molecular flexibility index (Phi) is 5.33. The molecule has 0 bridgehead atoms. The second-order valence-corrected chi connectivity index (χ2v) is 7.80. The lowest BCUT2D eigenvalue weighted by molar-refractivity contribution is -0.120. The molecule has 1 saturated heterocycles. The summed E-state index contributed by atoms with van der Waals surface area (Å²) < 4.78 is 10.7. The topological polar surface area (TPSA) is 103 Å². The summed E-state index contributed by atoms with van der Waals surface area (Å²) in [5.41, 5.74) is 7.07. The van der Waals surface area contributed by atoms with Crippen molar-refractivity contribution in [1.29, 1.82) is 0 Å². The Morgan fingerprint density at radius 2 is 2.10 bits per heavy atom. The highest BCUT2D eigenvalue weighted by molar-refractivity contribution is 7.16. The molecule has 0 radical (unpaired) electrons. The van der Waals surface area contributed by atoms with Crippen molar-refractivity contribution in [2.75, 3.05) is 35.8 Å². The van der Waals surface area contributed by atoms with E-state index in [1.165, 1.54) is 0 Å². The van der Waals surface area contributed by atoms with Crippen LogP contribution in [-0.4, -0.2) is 35.8 Å². The third kappa shape index (κ3) is 3.63. The molecule has 8 nitrogen and oxygen atoms in total. The SMILES string of the molecule is Cl.Nc1cc2c(cc1NC(=O)C1CCCN(c3ncnc4sccc34)C1)OCO2. The van der Waals surface area contributed by atoms with Crippen LogP contribution in [-0.2, 0) is 4.79 Å². The van der Waals surface area contributed by atoms with E-state index < -0.39 is 0 Å². The maximum atomic E-state index is 12.9. The van der Waals surface area contributed by atoms with Crippen molar-refractivity contribution < 1.29 is 14.3 Å². The number of hydrogen-bond donors (Lipinski definition) is 2. The molecular weight excluding hydrogens is 414 g/mol. The lowest BCUT2D eigenvalue weighted by Crippen LogP contribution is -2.41. The molecule has 0 aliphatic carbocycles. The maximum absolute atomic E-state index is 12.9. The van der Waals surface area contributed by atoms with Crippen molar-refractivity contribution in [2.24, 2.45) is 5.92 Å². The van der Waals surface area contributed by atoms with Gasteiger partial charge in [0.05, 0.1) is 22.7 Å². The zero-order valence-corrected chi connectivity index (χ0v) is 17.1. The van der Waals surface area contributed by atoms with Crippen LogP contribution < -0.4 is 25.4 Å². The first-order valence-electron chi connectivity index (χ1n) is 9.12. The minimum atomic E-state index is -0.151. The molecule has 3 N–H and O–H groups in total. The van der Waals surface area contributed by atoms with E-state index in [0.717, 1.165) is 35.4 Å². The normalized spacial score (nSPS) is 17.8. The number of halogens is 1. The highest BCUT2D eigenvalue weighted by atomic mass is 35.5. The molecule has 2 aliphatic heterocycles. The van der Waals surface area contributed by atoms with Crippen LogP contribution in [0.4, 0.5) is 17.2 Å². The largest absolute Gasteiger partial charge is 0.454 e. The average molecular weight is 434 g/mol. The molecule has 1 atom stereocenters. The van der Waals surface area contributed by atoms with Crippen LogP contribution >= 0.6 is 23.7 Å². The number of carbonyl (C=O) groups is 1. The number of ether oxygens (including phenoxy) is 2. The van der Waals surface area contributed by atoms with E-state index in [1.54, 1.807) is 29.8 Å². The molecule has 2 aliphatic rings. The van der Waals surface area contributed by atoms with E-state index in [0.29, 0.717) is 29.4 Å². The molecule has 0 spiro atoms. The summed E-state index contributed by atoms with van der Waals surface area (Å²) in [6.45, 7) is 1.65. The lowest BCUT2D eigenvalue weighted by atomic mass is 9.96. The zero-order chi connectivity index (χ0) is 19.1. The second kappa shape index (κ2) is 7.92. The van der Waals surface area contributed by atoms with Gasteiger partial charge in [-0.1, -0.05) is 0 Å². The van der Waals surface area contributed by atoms with Gasteiger partial charge in [0.15, 0.2) is 11.5 Å². The number of thiophene rings is 1. The van der Waals surface area contributed by atoms with Gasteiger partial charge < -0.3 is 25.4 Å². The molecule has 4 heterocycles. The van der Waals surface area contributed by atoms with E-state index in [4.69, 9.17) is 15.2 Å². The van der Waals surface area contributed by atoms with Gasteiger partial charge >= 0.3 is 0 Å². The van der Waals surface area contributed by atoms with Gasteiger partial charge in [-0.3, -0.25) is 4.79 Å². The number of nitrogens with one attached hydrogen (secondary N) is 1. The first kappa shape index (κ1) is 19.5. The first-order valence-corrected chi connectivity index (χ1v) is 10.00. The monoisotopic (exact) mass is 433 g/mol. The van der Waals surface area contributed by atoms with Crippen molar-refractivity contribution in [3.05, 3.63) is 29.9 Å². The molecular formula is C19H20ClN5O3S. The first-order chi connectivity index (χ1) is 13.7. The predicted octanol–water partition coefficient (Wildman–Crippen LogP) is 3.28. The smallest absolute Gasteiger partial charge is 0.231 e. The van der Waals surface area contributed by atoms with Gasteiger partial charge in [-0.2, -0.15) is 0 Å². The highest BCUT2D eigenvalue weighted by Crippen LogP contribution is 2.38. The minimum Gasteiger partial charge on any atom is -0.454 e. The summed E-state index contributed by atoms with van der Waals surface area (Å²) in [5, 5.41) is 6.01. The van der Waals surface area contributed by atoms with E-state index in [9.17, 15) is 4.79 Å². The molecule has 29 heavy (non-hydrogen) atoms. The summed E-state index contributed by atoms with van der Waals surface area (Å²) >= 11 is 1.59. The van der Waals surface area contributed by atoms with E-state index in [2.05, 4.69) is 20.2 Å². The van der Waals surface area contributed by atoms with Crippen LogP contribution in [0.5, 0.6) is 11.5 Å². The number of carbonyl (C=O) groups excluding carboxylic acids is 1. The predicted molar refractivity (Wildman–Crippen MR) is 115 cm³/mol. The molecule has 152 valence electrons. The summed E-state index contributed by atoms with van der Waals surface area (Å²) in [5.74, 6) is 1.89. The Hall–Kier alpha value is -2.78. The molecule has 1 aromatic carbocycles. The number of nitrogen functional groups attached to an aromatic ring is 1. The molecule has 10 heteroatoms. The van der Waals surface area contributed by atoms with Crippen LogP contribution in [0.25, 0.3) is 10.2 Å². The number of rotatable bonds is 3. The number of nitrogens with zero attached hydrogens (tertiary/aromatic N) is 3. The Bertz CT molecular complexity index is 1060. The van der Waals surface area contributed by atoms with Crippen LogP contribution in [0, 0.1) is 5.92 Å². The summed E-state index contributed by atoms with van der Waals surface area (Å²) in [7, 11) is 0. The van der Waals surface area contributed by atoms with Gasteiger partial charge in [-0.05, 0) is 24.3 Å². The van der Waals surface area contributed by atoms with Crippen LogP contribution in [0.15, 0.2) is 29.9 Å². The van der Waals surface area contributed by atoms with Crippen LogP contribution in [0.2, 0.25) is 0 Å². The number of piperidine rings is 1. The Morgan fingerprint density at radius 3 is 2.97 bits per heavy atom. The summed E-state index contributed by atoms with van der Waals surface area (Å²) in [6.07, 6.45) is 3.33. The van der Waals surface area contributed by atoms with Crippen molar-refractivity contribution in [1.82, 2.24) is 9.97 Å². The van der Waals surface area contributed by atoms with Gasteiger partial charge in [0, 0.05) is 25.2 Å². The van der Waals surface area contributed by atoms with Gasteiger partial charge in [0.25, 0.3) is 0 Å². The Labute approximate surface area is 177 Å². The Balaban J connectivity index is 0.00000205. The molecule has 1 unspecified atom stereocenters. The number of benzene rings is 1. The number of hydrogen-bond acceptors (Lipinski definition) is 8. The highest BCUT2D eigenvalue weighted by Gasteiger charge is 2.28. The van der Waals surface area contributed by atoms with Gasteiger partial charge in [-0.25, -0.2) is 9.97 Å². The second-order valence-electron chi connectivity index (χ2n) is 6.90. The van der Waals surface area contributed by atoms with Crippen molar-refractivity contribution in [3.8, 4) is 11.5 Å². The number of fused-ring (bicyclic) bond motifs is 2.